The van der Waals surface area contributed by atoms with E-state index >= 15 is 0 Å². The molecule has 1 aliphatic rings. The second-order valence-corrected chi connectivity index (χ2v) is 6.48. The van der Waals surface area contributed by atoms with E-state index in [1.807, 2.05) is 66.8 Å². The lowest BCUT2D eigenvalue weighted by Crippen LogP contribution is -2.18. The van der Waals surface area contributed by atoms with E-state index in [2.05, 4.69) is 4.98 Å². The van der Waals surface area contributed by atoms with Gasteiger partial charge in [0.05, 0.1) is 0 Å². The first-order valence-corrected chi connectivity index (χ1v) is 9.24. The molecule has 0 atom stereocenters. The van der Waals surface area contributed by atoms with Crippen LogP contribution in [-0.2, 0) is 16.1 Å². The summed E-state index contributed by atoms with van der Waals surface area (Å²) in [6.07, 6.45) is 4.06. The Morgan fingerprint density at radius 1 is 1.10 bits per heavy atom. The van der Waals surface area contributed by atoms with Gasteiger partial charge >= 0.3 is 6.09 Å². The van der Waals surface area contributed by atoms with Crippen LogP contribution in [-0.4, -0.2) is 17.0 Å². The number of imide groups is 1. The van der Waals surface area contributed by atoms with E-state index in [0.717, 1.165) is 16.8 Å². The van der Waals surface area contributed by atoms with Gasteiger partial charge in [-0.25, -0.2) is 9.78 Å². The summed E-state index contributed by atoms with van der Waals surface area (Å²) in [7, 11) is 0. The van der Waals surface area contributed by atoms with E-state index in [4.69, 9.17) is 13.9 Å². The highest BCUT2D eigenvalue weighted by molar-refractivity contribution is 6.07. The first kappa shape index (κ1) is 19.2. The lowest BCUT2D eigenvalue weighted by molar-refractivity contribution is -0.116. The maximum Gasteiger partial charge on any atom is 0.419 e. The minimum absolute atomic E-state index is 0.0422. The smallest absolute Gasteiger partial charge is 0.419 e. The number of hydrogen-bond donors (Lipinski definition) is 1. The van der Waals surface area contributed by atoms with Crippen LogP contribution in [0.4, 0.5) is 4.79 Å². The molecule has 3 aromatic rings. The van der Waals surface area contributed by atoms with Gasteiger partial charge in [0.25, 0.3) is 5.91 Å². The predicted molar refractivity (Wildman–Crippen MR) is 109 cm³/mol. The van der Waals surface area contributed by atoms with E-state index in [-0.39, 0.29) is 12.4 Å². The van der Waals surface area contributed by atoms with Crippen molar-refractivity contribution in [2.45, 2.75) is 13.5 Å². The number of benzene rings is 2. The molecular weight excluding hydrogens is 384 g/mol. The summed E-state index contributed by atoms with van der Waals surface area (Å²) in [6.45, 7) is 2.13. The van der Waals surface area contributed by atoms with Crippen LogP contribution >= 0.6 is 0 Å². The van der Waals surface area contributed by atoms with Gasteiger partial charge in [0, 0.05) is 5.56 Å². The highest BCUT2D eigenvalue weighted by Gasteiger charge is 2.25. The molecule has 7 heteroatoms. The van der Waals surface area contributed by atoms with Crippen molar-refractivity contribution in [1.82, 2.24) is 10.3 Å². The molecular formula is C23H18N2O5. The Labute approximate surface area is 172 Å². The van der Waals surface area contributed by atoms with Gasteiger partial charge in [0.1, 0.15) is 23.8 Å². The van der Waals surface area contributed by atoms with Crippen molar-refractivity contribution in [2.75, 3.05) is 0 Å². The molecule has 1 aromatic heterocycles. The van der Waals surface area contributed by atoms with E-state index in [1.54, 1.807) is 12.2 Å². The number of cyclic esters (lactones) is 1. The second kappa shape index (κ2) is 8.48. The van der Waals surface area contributed by atoms with E-state index in [1.165, 1.54) is 6.08 Å². The molecule has 0 unspecified atom stereocenters. The summed E-state index contributed by atoms with van der Waals surface area (Å²) in [5, 5.41) is 2.04. The molecule has 2 amide bonds. The zero-order valence-corrected chi connectivity index (χ0v) is 16.1. The molecule has 30 heavy (non-hydrogen) atoms. The van der Waals surface area contributed by atoms with E-state index < -0.39 is 12.0 Å². The van der Waals surface area contributed by atoms with Gasteiger partial charge < -0.3 is 13.9 Å². The molecule has 0 saturated carbocycles. The number of nitrogens with zero attached hydrogens (tertiary/aromatic N) is 1. The van der Waals surface area contributed by atoms with Crippen molar-refractivity contribution in [3.05, 3.63) is 89.5 Å². The third-order valence-corrected chi connectivity index (χ3v) is 4.33. The quantitative estimate of drug-likeness (QED) is 0.615. The number of nitrogens with one attached hydrogen (secondary N) is 1. The lowest BCUT2D eigenvalue weighted by atomic mass is 10.2. The highest BCUT2D eigenvalue weighted by Crippen LogP contribution is 2.23. The molecule has 150 valence electrons. The summed E-state index contributed by atoms with van der Waals surface area (Å²) in [5.41, 5.74) is 2.50. The number of hydrogen-bond acceptors (Lipinski definition) is 6. The number of aromatic nitrogens is 1. The summed E-state index contributed by atoms with van der Waals surface area (Å²) >= 11 is 0. The van der Waals surface area contributed by atoms with Gasteiger partial charge in [-0.1, -0.05) is 42.5 Å². The van der Waals surface area contributed by atoms with Crippen molar-refractivity contribution in [3.8, 4) is 17.2 Å². The standard InChI is InChI=1S/C23H18N2O5/c1-15-19(24-22(29-15)17-9-3-2-4-10-17)14-28-18-11-5-7-16(13-18)8-6-12-20-21(26)25-23(27)30-20/h2-13H,14H2,1H3,(H,25,26,27)/b8-6+,20-12-. The number of carbonyl (C=O) groups excluding carboxylic acids is 2. The van der Waals surface area contributed by atoms with Crippen molar-refractivity contribution in [1.29, 1.82) is 0 Å². The van der Waals surface area contributed by atoms with Crippen LogP contribution in [0, 0.1) is 6.92 Å². The largest absolute Gasteiger partial charge is 0.487 e. The van der Waals surface area contributed by atoms with Gasteiger partial charge in [0.15, 0.2) is 5.76 Å². The Bertz CT molecular complexity index is 1150. The lowest BCUT2D eigenvalue weighted by Gasteiger charge is -2.05. The van der Waals surface area contributed by atoms with E-state index in [9.17, 15) is 9.59 Å². The fourth-order valence-corrected chi connectivity index (χ4v) is 2.81. The summed E-state index contributed by atoms with van der Waals surface area (Å²) in [5.74, 6) is 1.34. The normalized spacial score (nSPS) is 14.9. The number of alkyl carbamates (subject to hydrolysis) is 1. The molecule has 2 aromatic carbocycles. The third kappa shape index (κ3) is 4.47. The molecule has 1 N–H and O–H groups in total. The third-order valence-electron chi connectivity index (χ3n) is 4.33. The number of amides is 2. The van der Waals surface area contributed by atoms with Gasteiger partial charge in [-0.2, -0.15) is 0 Å². The monoisotopic (exact) mass is 402 g/mol. The first-order chi connectivity index (χ1) is 14.6. The minimum atomic E-state index is -0.770. The number of ether oxygens (including phenoxy) is 2. The number of oxazole rings is 1. The Balaban J connectivity index is 1.41. The zero-order chi connectivity index (χ0) is 20.9. The maximum atomic E-state index is 11.4. The number of rotatable bonds is 6. The highest BCUT2D eigenvalue weighted by atomic mass is 16.6. The van der Waals surface area contributed by atoms with Crippen molar-refractivity contribution in [3.63, 3.8) is 0 Å². The topological polar surface area (TPSA) is 90.7 Å². The Kier molecular flexibility index (Phi) is 5.43. The molecule has 2 heterocycles. The molecule has 0 radical (unpaired) electrons. The van der Waals surface area contributed by atoms with Crippen molar-refractivity contribution in [2.24, 2.45) is 0 Å². The predicted octanol–water partition coefficient (Wildman–Crippen LogP) is 4.39. The molecule has 0 spiro atoms. The molecule has 1 fully saturated rings. The Morgan fingerprint density at radius 2 is 1.93 bits per heavy atom. The van der Waals surface area contributed by atoms with Crippen LogP contribution in [0.3, 0.4) is 0 Å². The number of aryl methyl sites for hydroxylation is 1. The number of carbonyl (C=O) groups is 2. The van der Waals surface area contributed by atoms with Crippen molar-refractivity contribution < 1.29 is 23.5 Å². The van der Waals surface area contributed by atoms with Crippen LogP contribution in [0.5, 0.6) is 5.75 Å². The zero-order valence-electron chi connectivity index (χ0n) is 16.1. The summed E-state index contributed by atoms with van der Waals surface area (Å²) < 4.78 is 16.4. The Hall–Kier alpha value is -4.13. The van der Waals surface area contributed by atoms with Gasteiger partial charge in [0.2, 0.25) is 5.89 Å². The average molecular weight is 402 g/mol. The van der Waals surface area contributed by atoms with Gasteiger partial charge in [-0.3, -0.25) is 10.1 Å². The minimum Gasteiger partial charge on any atom is -0.487 e. The van der Waals surface area contributed by atoms with Crippen LogP contribution < -0.4 is 10.1 Å². The van der Waals surface area contributed by atoms with Crippen LogP contribution in [0.15, 0.2) is 76.9 Å². The molecule has 0 aliphatic carbocycles. The first-order valence-electron chi connectivity index (χ1n) is 9.24. The molecule has 7 nitrogen and oxygen atoms in total. The SMILES string of the molecule is Cc1oc(-c2ccccc2)nc1COc1cccc(/C=C/C=C2\OC(=O)NC2=O)c1. The fourth-order valence-electron chi connectivity index (χ4n) is 2.81. The van der Waals surface area contributed by atoms with Crippen molar-refractivity contribution >= 4 is 18.1 Å². The molecule has 1 saturated heterocycles. The van der Waals surface area contributed by atoms with Gasteiger partial charge in [-0.15, -0.1) is 0 Å². The van der Waals surface area contributed by atoms with Gasteiger partial charge in [-0.05, 0) is 42.8 Å². The van der Waals surface area contributed by atoms with Crippen LogP contribution in [0.25, 0.3) is 17.5 Å². The fraction of sp³-hybridized carbons (Fsp3) is 0.0870. The molecule has 4 rings (SSSR count). The maximum absolute atomic E-state index is 11.4. The second-order valence-electron chi connectivity index (χ2n) is 6.48. The van der Waals surface area contributed by atoms with Crippen LogP contribution in [0.2, 0.25) is 0 Å². The average Bonchev–Trinajstić information content (AvgIpc) is 3.28. The number of allylic oxidation sites excluding steroid dienone is 2. The summed E-state index contributed by atoms with van der Waals surface area (Å²) in [6, 6.07) is 17.1. The van der Waals surface area contributed by atoms with E-state index in [0.29, 0.717) is 17.4 Å². The molecule has 1 aliphatic heterocycles. The molecule has 0 bridgehead atoms. The Morgan fingerprint density at radius 3 is 2.70 bits per heavy atom. The summed E-state index contributed by atoms with van der Waals surface area (Å²) in [4.78, 5) is 26.9. The van der Waals surface area contributed by atoms with Crippen LogP contribution in [0.1, 0.15) is 17.0 Å².